The summed E-state index contributed by atoms with van der Waals surface area (Å²) in [7, 11) is -3.80. The van der Waals surface area contributed by atoms with Crippen molar-refractivity contribution in [1.29, 1.82) is 0 Å². The summed E-state index contributed by atoms with van der Waals surface area (Å²) in [6.07, 6.45) is -0.427. The summed E-state index contributed by atoms with van der Waals surface area (Å²) < 4.78 is 31.9. The standard InChI is InChI=1S/C12H14O6S/c1-8(18-19(2,15)16)12(14)10-6-4-3-5-9(10)7-17-11(12)13/h3-6,8,14H,7H2,1-2H3/t8-,12+/m1/s1. The van der Waals surface area contributed by atoms with Crippen LogP contribution in [0.5, 0.6) is 0 Å². The molecule has 0 unspecified atom stereocenters. The Morgan fingerprint density at radius 3 is 2.68 bits per heavy atom. The van der Waals surface area contributed by atoms with Gasteiger partial charge in [-0.15, -0.1) is 0 Å². The zero-order chi connectivity index (χ0) is 14.3. The molecule has 6 nitrogen and oxygen atoms in total. The monoisotopic (exact) mass is 286 g/mol. The highest BCUT2D eigenvalue weighted by molar-refractivity contribution is 7.86. The van der Waals surface area contributed by atoms with Crippen molar-refractivity contribution >= 4 is 16.1 Å². The topological polar surface area (TPSA) is 89.9 Å². The molecule has 1 heterocycles. The quantitative estimate of drug-likeness (QED) is 0.634. The van der Waals surface area contributed by atoms with Gasteiger partial charge < -0.3 is 9.84 Å². The van der Waals surface area contributed by atoms with Crippen molar-refractivity contribution in [3.63, 3.8) is 0 Å². The van der Waals surface area contributed by atoms with Gasteiger partial charge in [0.05, 0.1) is 6.26 Å². The number of benzene rings is 1. The van der Waals surface area contributed by atoms with E-state index in [1.54, 1.807) is 24.3 Å². The van der Waals surface area contributed by atoms with Crippen LogP contribution < -0.4 is 0 Å². The van der Waals surface area contributed by atoms with Crippen LogP contribution in [0.4, 0.5) is 0 Å². The lowest BCUT2D eigenvalue weighted by atomic mass is 9.84. The molecule has 7 heteroatoms. The van der Waals surface area contributed by atoms with Gasteiger partial charge in [-0.05, 0) is 12.5 Å². The molecule has 1 aliphatic heterocycles. The molecule has 1 N–H and O–H groups in total. The van der Waals surface area contributed by atoms with E-state index < -0.39 is 27.8 Å². The van der Waals surface area contributed by atoms with E-state index in [4.69, 9.17) is 8.92 Å². The van der Waals surface area contributed by atoms with Crippen LogP contribution in [0.3, 0.4) is 0 Å². The predicted octanol–water partition coefficient (Wildman–Crippen LogP) is 0.296. The summed E-state index contributed by atoms with van der Waals surface area (Å²) in [5, 5.41) is 10.6. The molecule has 1 aliphatic rings. The number of carbonyl (C=O) groups excluding carboxylic acids is 1. The van der Waals surface area contributed by atoms with E-state index in [1.165, 1.54) is 6.92 Å². The van der Waals surface area contributed by atoms with Gasteiger partial charge in [-0.25, -0.2) is 4.79 Å². The third-order valence-electron chi connectivity index (χ3n) is 3.01. The summed E-state index contributed by atoms with van der Waals surface area (Å²) in [5.74, 6) is -0.914. The molecule has 104 valence electrons. The number of fused-ring (bicyclic) bond motifs is 1. The Balaban J connectivity index is 2.49. The van der Waals surface area contributed by atoms with Crippen molar-refractivity contribution in [2.75, 3.05) is 6.26 Å². The fourth-order valence-electron chi connectivity index (χ4n) is 2.10. The van der Waals surface area contributed by atoms with Crippen LogP contribution in [0.15, 0.2) is 24.3 Å². The van der Waals surface area contributed by atoms with E-state index in [-0.39, 0.29) is 6.61 Å². The third kappa shape index (κ3) is 2.49. The maximum atomic E-state index is 11.9. The van der Waals surface area contributed by atoms with Crippen molar-refractivity contribution in [2.24, 2.45) is 0 Å². The number of hydrogen-bond acceptors (Lipinski definition) is 6. The molecule has 0 saturated heterocycles. The Labute approximate surface area is 111 Å². The molecule has 1 aromatic carbocycles. The smallest absolute Gasteiger partial charge is 0.346 e. The number of esters is 1. The van der Waals surface area contributed by atoms with E-state index >= 15 is 0 Å². The maximum absolute atomic E-state index is 11.9. The molecule has 0 radical (unpaired) electrons. The third-order valence-corrected chi connectivity index (χ3v) is 3.64. The summed E-state index contributed by atoms with van der Waals surface area (Å²) in [4.78, 5) is 11.9. The largest absolute Gasteiger partial charge is 0.458 e. The van der Waals surface area contributed by atoms with Crippen molar-refractivity contribution in [2.45, 2.75) is 25.2 Å². The molecule has 0 fully saturated rings. The van der Waals surface area contributed by atoms with Crippen LogP contribution in [-0.4, -0.2) is 31.9 Å². The van der Waals surface area contributed by atoms with E-state index in [1.807, 2.05) is 0 Å². The van der Waals surface area contributed by atoms with Crippen LogP contribution in [-0.2, 0) is 36.0 Å². The zero-order valence-corrected chi connectivity index (χ0v) is 11.3. The first-order valence-electron chi connectivity index (χ1n) is 5.61. The first-order chi connectivity index (χ1) is 8.75. The fourth-order valence-corrected chi connectivity index (χ4v) is 2.76. The maximum Gasteiger partial charge on any atom is 0.346 e. The van der Waals surface area contributed by atoms with E-state index in [9.17, 15) is 18.3 Å². The van der Waals surface area contributed by atoms with Crippen LogP contribution in [0.2, 0.25) is 0 Å². The Hall–Kier alpha value is -1.44. The van der Waals surface area contributed by atoms with Gasteiger partial charge in [-0.2, -0.15) is 8.42 Å². The van der Waals surface area contributed by atoms with Crippen LogP contribution >= 0.6 is 0 Å². The van der Waals surface area contributed by atoms with Crippen LogP contribution in [0, 0.1) is 0 Å². The lowest BCUT2D eigenvalue weighted by Crippen LogP contribution is -2.50. The second kappa shape index (κ2) is 4.59. The second-order valence-electron chi connectivity index (χ2n) is 4.44. The van der Waals surface area contributed by atoms with Crippen LogP contribution in [0.1, 0.15) is 18.1 Å². The van der Waals surface area contributed by atoms with Crippen molar-refractivity contribution in [1.82, 2.24) is 0 Å². The Kier molecular flexibility index (Phi) is 3.38. The van der Waals surface area contributed by atoms with E-state index in [2.05, 4.69) is 0 Å². The van der Waals surface area contributed by atoms with Gasteiger partial charge in [0, 0.05) is 5.56 Å². The van der Waals surface area contributed by atoms with Crippen LogP contribution in [0.25, 0.3) is 0 Å². The number of aliphatic hydroxyl groups is 1. The number of hydrogen-bond donors (Lipinski definition) is 1. The Bertz CT molecular complexity index is 608. The van der Waals surface area contributed by atoms with Crippen molar-refractivity contribution in [3.8, 4) is 0 Å². The molecule has 2 atom stereocenters. The van der Waals surface area contributed by atoms with Gasteiger partial charge >= 0.3 is 5.97 Å². The average molecular weight is 286 g/mol. The highest BCUT2D eigenvalue weighted by atomic mass is 32.2. The van der Waals surface area contributed by atoms with Gasteiger partial charge in [0.1, 0.15) is 12.7 Å². The number of ether oxygens (including phenoxy) is 1. The zero-order valence-electron chi connectivity index (χ0n) is 10.5. The minimum Gasteiger partial charge on any atom is -0.458 e. The Morgan fingerprint density at radius 1 is 1.42 bits per heavy atom. The molecular weight excluding hydrogens is 272 g/mol. The van der Waals surface area contributed by atoms with Crippen molar-refractivity contribution < 1.29 is 27.2 Å². The van der Waals surface area contributed by atoms with Gasteiger partial charge in [0.15, 0.2) is 0 Å². The SMILES string of the molecule is C[C@@H](OS(C)(=O)=O)[C@@]1(O)C(=O)OCc2ccccc21. The van der Waals surface area contributed by atoms with Gasteiger partial charge in [0.25, 0.3) is 10.1 Å². The van der Waals surface area contributed by atoms with E-state index in [0.29, 0.717) is 11.1 Å². The lowest BCUT2D eigenvalue weighted by molar-refractivity contribution is -0.182. The second-order valence-corrected chi connectivity index (χ2v) is 6.04. The molecule has 0 aliphatic carbocycles. The molecule has 0 aromatic heterocycles. The number of cyclic esters (lactones) is 1. The van der Waals surface area contributed by atoms with Gasteiger partial charge in [-0.1, -0.05) is 24.3 Å². The minimum atomic E-state index is -3.80. The molecule has 0 amide bonds. The van der Waals surface area contributed by atoms with Gasteiger partial charge in [-0.3, -0.25) is 4.18 Å². The first-order valence-corrected chi connectivity index (χ1v) is 7.43. The molecule has 0 bridgehead atoms. The summed E-state index contributed by atoms with van der Waals surface area (Å²) >= 11 is 0. The number of rotatable bonds is 3. The summed E-state index contributed by atoms with van der Waals surface area (Å²) in [6.45, 7) is 1.35. The van der Waals surface area contributed by atoms with Crippen molar-refractivity contribution in [3.05, 3.63) is 35.4 Å². The molecule has 0 saturated carbocycles. The predicted molar refractivity (Wildman–Crippen MR) is 65.5 cm³/mol. The number of carbonyl (C=O) groups is 1. The summed E-state index contributed by atoms with van der Waals surface area (Å²) in [5.41, 5.74) is -1.20. The molecular formula is C12H14O6S. The summed E-state index contributed by atoms with van der Waals surface area (Å²) in [6, 6.07) is 6.63. The first kappa shape index (κ1) is 14.0. The molecule has 1 aromatic rings. The van der Waals surface area contributed by atoms with E-state index in [0.717, 1.165) is 6.26 Å². The highest BCUT2D eigenvalue weighted by Crippen LogP contribution is 2.35. The minimum absolute atomic E-state index is 0.0446. The highest BCUT2D eigenvalue weighted by Gasteiger charge is 2.50. The Morgan fingerprint density at radius 2 is 2.05 bits per heavy atom. The fraction of sp³-hybridized carbons (Fsp3) is 0.417. The van der Waals surface area contributed by atoms with Gasteiger partial charge in [0.2, 0.25) is 5.60 Å². The normalized spacial score (nSPS) is 24.5. The molecule has 19 heavy (non-hydrogen) atoms. The average Bonchev–Trinajstić information content (AvgIpc) is 2.32. The molecule has 0 spiro atoms. The molecule has 2 rings (SSSR count). The lowest BCUT2D eigenvalue weighted by Gasteiger charge is -2.35.